The van der Waals surface area contributed by atoms with Gasteiger partial charge in [0.15, 0.2) is 0 Å². The number of hydrogen-bond donors (Lipinski definition) is 3. The molecule has 33 heavy (non-hydrogen) atoms. The predicted octanol–water partition coefficient (Wildman–Crippen LogP) is 1.37. The number of alkyl carbamates (subject to hydrolysis) is 1. The maximum atomic E-state index is 12.9. The van der Waals surface area contributed by atoms with Crippen LogP contribution in [0.3, 0.4) is 0 Å². The Kier molecular flexibility index (Phi) is 9.47. The Hall–Kier alpha value is -2.87. The second-order valence-corrected chi connectivity index (χ2v) is 9.22. The van der Waals surface area contributed by atoms with E-state index in [0.29, 0.717) is 6.61 Å². The molecule has 0 aromatic heterocycles. The third kappa shape index (κ3) is 8.53. The number of nitrogens with zero attached hydrogens (tertiary/aromatic N) is 2. The van der Waals surface area contributed by atoms with Crippen molar-refractivity contribution in [3.05, 3.63) is 47.0 Å². The summed E-state index contributed by atoms with van der Waals surface area (Å²) >= 11 is 0. The van der Waals surface area contributed by atoms with Crippen molar-refractivity contribution < 1.29 is 29.1 Å². The minimum atomic E-state index is -1.78. The molecule has 0 bridgehead atoms. The molecular formula is C23H32BN3O6. The Bertz CT molecular complexity index is 889. The van der Waals surface area contributed by atoms with Gasteiger partial charge in [-0.2, -0.15) is 5.26 Å². The van der Waals surface area contributed by atoms with E-state index in [2.05, 4.69) is 5.32 Å². The van der Waals surface area contributed by atoms with Crippen LogP contribution in [0.1, 0.15) is 31.9 Å². The summed E-state index contributed by atoms with van der Waals surface area (Å²) in [5.41, 5.74) is 1.57. The second kappa shape index (κ2) is 11.8. The summed E-state index contributed by atoms with van der Waals surface area (Å²) in [6.45, 7) is 8.20. The number of rotatable bonds is 7. The Morgan fingerprint density at radius 2 is 2.03 bits per heavy atom. The fourth-order valence-corrected chi connectivity index (χ4v) is 3.36. The van der Waals surface area contributed by atoms with Crippen molar-refractivity contribution in [3.8, 4) is 6.07 Å². The number of hydrogen-bond acceptors (Lipinski definition) is 7. The summed E-state index contributed by atoms with van der Waals surface area (Å²) in [5, 5.41) is 31.2. The van der Waals surface area contributed by atoms with E-state index in [0.717, 1.165) is 11.1 Å². The zero-order valence-electron chi connectivity index (χ0n) is 19.6. The van der Waals surface area contributed by atoms with Gasteiger partial charge in [-0.3, -0.25) is 4.79 Å². The molecule has 1 aliphatic heterocycles. The number of ether oxygens (including phenoxy) is 2. The van der Waals surface area contributed by atoms with Gasteiger partial charge in [-0.15, -0.1) is 0 Å². The molecule has 1 saturated heterocycles. The molecule has 2 rings (SSSR count). The highest BCUT2D eigenvalue weighted by atomic mass is 16.6. The summed E-state index contributed by atoms with van der Waals surface area (Å²) in [6, 6.07) is 8.88. The number of amides is 2. The molecule has 1 heterocycles. The predicted molar refractivity (Wildman–Crippen MR) is 123 cm³/mol. The number of allylic oxidation sites excluding steroid dienone is 1. The van der Waals surface area contributed by atoms with E-state index < -0.39 is 31.1 Å². The van der Waals surface area contributed by atoms with Gasteiger partial charge in [0.2, 0.25) is 0 Å². The Morgan fingerprint density at radius 3 is 2.61 bits per heavy atom. The zero-order chi connectivity index (χ0) is 24.6. The molecule has 2 unspecified atom stereocenters. The number of carbonyl (C=O) groups excluding carboxylic acids is 2. The van der Waals surface area contributed by atoms with E-state index in [1.54, 1.807) is 6.08 Å². The smallest absolute Gasteiger partial charge is 0.447 e. The second-order valence-electron chi connectivity index (χ2n) is 9.22. The first-order valence-electron chi connectivity index (χ1n) is 10.9. The molecule has 1 aliphatic rings. The fraction of sp³-hybridized carbons (Fsp3) is 0.522. The van der Waals surface area contributed by atoms with Crippen LogP contribution in [0.5, 0.6) is 0 Å². The lowest BCUT2D eigenvalue weighted by Crippen LogP contribution is -2.53. The SMILES string of the molecule is Cc1ccc(CC(NC(=O)OCC2COCCN2C(=O)C(C#N)=CC(C)(C)C)B(O)O)cc1. The van der Waals surface area contributed by atoms with Crippen LogP contribution in [0.4, 0.5) is 4.79 Å². The van der Waals surface area contributed by atoms with E-state index in [1.807, 2.05) is 58.0 Å². The summed E-state index contributed by atoms with van der Waals surface area (Å²) in [5.74, 6) is -1.41. The van der Waals surface area contributed by atoms with E-state index in [1.165, 1.54) is 4.90 Å². The van der Waals surface area contributed by atoms with Crippen molar-refractivity contribution in [2.75, 3.05) is 26.4 Å². The topological polar surface area (TPSA) is 132 Å². The molecule has 1 fully saturated rings. The third-order valence-corrected chi connectivity index (χ3v) is 5.06. The van der Waals surface area contributed by atoms with Gasteiger partial charge in [-0.1, -0.05) is 56.7 Å². The van der Waals surface area contributed by atoms with Crippen LogP contribution in [-0.4, -0.2) is 72.4 Å². The van der Waals surface area contributed by atoms with Crippen molar-refractivity contribution >= 4 is 19.1 Å². The van der Waals surface area contributed by atoms with Crippen LogP contribution >= 0.6 is 0 Å². The first kappa shape index (κ1) is 26.4. The van der Waals surface area contributed by atoms with Gasteiger partial charge in [-0.25, -0.2) is 4.79 Å². The standard InChI is InChI=1S/C23H32BN3O6/c1-16-5-7-17(8-6-16)11-20(24(30)31)26-22(29)33-15-19-14-32-10-9-27(19)21(28)18(13-25)12-23(2,3)4/h5-8,12,19-20,30-31H,9-11,14-15H2,1-4H3,(H,26,29). The van der Waals surface area contributed by atoms with Crippen molar-refractivity contribution in [1.82, 2.24) is 10.2 Å². The van der Waals surface area contributed by atoms with Crippen LogP contribution in [0, 0.1) is 23.7 Å². The first-order valence-corrected chi connectivity index (χ1v) is 10.9. The Labute approximate surface area is 195 Å². The monoisotopic (exact) mass is 457 g/mol. The molecule has 0 saturated carbocycles. The van der Waals surface area contributed by atoms with Gasteiger partial charge in [-0.05, 0) is 24.3 Å². The van der Waals surface area contributed by atoms with E-state index >= 15 is 0 Å². The molecule has 178 valence electrons. The number of nitriles is 1. The number of nitrogens with one attached hydrogen (secondary N) is 1. The minimum Gasteiger partial charge on any atom is -0.447 e. The van der Waals surface area contributed by atoms with Crippen molar-refractivity contribution in [1.29, 1.82) is 5.26 Å². The maximum absolute atomic E-state index is 12.9. The van der Waals surface area contributed by atoms with Gasteiger partial charge < -0.3 is 29.7 Å². The molecule has 0 spiro atoms. The molecule has 0 aliphatic carbocycles. The Morgan fingerprint density at radius 1 is 1.36 bits per heavy atom. The largest absolute Gasteiger partial charge is 0.475 e. The lowest BCUT2D eigenvalue weighted by atomic mass is 9.76. The summed E-state index contributed by atoms with van der Waals surface area (Å²) < 4.78 is 10.7. The van der Waals surface area contributed by atoms with Gasteiger partial charge in [0, 0.05) is 6.54 Å². The molecule has 1 aromatic carbocycles. The molecule has 2 atom stereocenters. The number of benzene rings is 1. The van der Waals surface area contributed by atoms with Crippen LogP contribution in [-0.2, 0) is 20.7 Å². The number of morpholine rings is 1. The first-order chi connectivity index (χ1) is 15.5. The van der Waals surface area contributed by atoms with E-state index in [-0.39, 0.29) is 37.2 Å². The highest BCUT2D eigenvalue weighted by Gasteiger charge is 2.32. The Balaban J connectivity index is 1.99. The van der Waals surface area contributed by atoms with Crippen molar-refractivity contribution in [2.24, 2.45) is 5.41 Å². The molecule has 3 N–H and O–H groups in total. The quantitative estimate of drug-likeness (QED) is 0.320. The van der Waals surface area contributed by atoms with Crippen LogP contribution in [0.2, 0.25) is 0 Å². The summed E-state index contributed by atoms with van der Waals surface area (Å²) in [4.78, 5) is 26.7. The molecule has 9 nitrogen and oxygen atoms in total. The number of carbonyl (C=O) groups is 2. The average molecular weight is 457 g/mol. The van der Waals surface area contributed by atoms with Gasteiger partial charge in [0.1, 0.15) is 18.2 Å². The van der Waals surface area contributed by atoms with Crippen LogP contribution in [0.25, 0.3) is 0 Å². The summed E-state index contributed by atoms with van der Waals surface area (Å²) in [7, 11) is -1.78. The maximum Gasteiger partial charge on any atom is 0.475 e. The van der Waals surface area contributed by atoms with Crippen molar-refractivity contribution in [2.45, 2.75) is 46.1 Å². The number of aryl methyl sites for hydroxylation is 1. The van der Waals surface area contributed by atoms with Crippen molar-refractivity contribution in [3.63, 3.8) is 0 Å². The molecule has 10 heteroatoms. The molecule has 0 radical (unpaired) electrons. The molecule has 1 aromatic rings. The average Bonchev–Trinajstić information content (AvgIpc) is 2.76. The van der Waals surface area contributed by atoms with Gasteiger partial charge >= 0.3 is 13.2 Å². The molecular weight excluding hydrogens is 425 g/mol. The van der Waals surface area contributed by atoms with Crippen LogP contribution in [0.15, 0.2) is 35.9 Å². The van der Waals surface area contributed by atoms with E-state index in [4.69, 9.17) is 9.47 Å². The lowest BCUT2D eigenvalue weighted by molar-refractivity contribution is -0.137. The van der Waals surface area contributed by atoms with E-state index in [9.17, 15) is 24.9 Å². The fourth-order valence-electron chi connectivity index (χ4n) is 3.36. The summed E-state index contributed by atoms with van der Waals surface area (Å²) in [6.07, 6.45) is 0.977. The van der Waals surface area contributed by atoms with Gasteiger partial charge in [0.05, 0.1) is 25.2 Å². The highest BCUT2D eigenvalue weighted by Crippen LogP contribution is 2.20. The van der Waals surface area contributed by atoms with Gasteiger partial charge in [0.25, 0.3) is 5.91 Å². The highest BCUT2D eigenvalue weighted by molar-refractivity contribution is 6.43. The zero-order valence-corrected chi connectivity index (χ0v) is 19.6. The molecule has 2 amide bonds. The third-order valence-electron chi connectivity index (χ3n) is 5.06. The lowest BCUT2D eigenvalue weighted by Gasteiger charge is -2.35. The minimum absolute atomic E-state index is 0.0282. The van der Waals surface area contributed by atoms with Crippen LogP contribution < -0.4 is 5.32 Å². The normalized spacial score (nSPS) is 17.7.